The van der Waals surface area contributed by atoms with E-state index in [4.69, 9.17) is 0 Å². The van der Waals surface area contributed by atoms with E-state index in [9.17, 15) is 4.79 Å². The maximum absolute atomic E-state index is 10.7. The Kier molecular flexibility index (Phi) is 3.58. The summed E-state index contributed by atoms with van der Waals surface area (Å²) in [5.74, 6) is 0.278. The van der Waals surface area contributed by atoms with Crippen molar-refractivity contribution in [3.8, 4) is 0 Å². The average Bonchev–Trinajstić information content (AvgIpc) is 1.84. The summed E-state index contributed by atoms with van der Waals surface area (Å²) in [6.07, 6.45) is 0.979. The van der Waals surface area contributed by atoms with Gasteiger partial charge in [0.25, 0.3) is 0 Å². The van der Waals surface area contributed by atoms with Gasteiger partial charge in [0.15, 0.2) is 0 Å². The Morgan fingerprint density at radius 3 is 2.38 bits per heavy atom. The van der Waals surface area contributed by atoms with Crippen LogP contribution >= 0.6 is 0 Å². The third-order valence-corrected chi connectivity index (χ3v) is 1.51. The number of rotatable bonds is 3. The maximum Gasteiger partial charge on any atom is 0.202 e. The van der Waals surface area contributed by atoms with Gasteiger partial charge in [-0.2, -0.15) is 0 Å². The van der Waals surface area contributed by atoms with Gasteiger partial charge in [-0.25, -0.2) is 0 Å². The topological polar surface area (TPSA) is 17.1 Å². The normalized spacial score (nSPS) is 12.9. The fourth-order valence-electron chi connectivity index (χ4n) is 0.576. The molecule has 2 heteroatoms. The first-order valence-electron chi connectivity index (χ1n) is 3.25. The van der Waals surface area contributed by atoms with Gasteiger partial charge < -0.3 is 4.79 Å². The molecule has 0 heterocycles. The van der Waals surface area contributed by atoms with E-state index in [0.717, 1.165) is 6.42 Å². The molecule has 0 bridgehead atoms. The summed E-state index contributed by atoms with van der Waals surface area (Å²) in [6.45, 7) is 5.93. The highest BCUT2D eigenvalue weighted by Gasteiger charge is 2.06. The third kappa shape index (κ3) is 2.15. The molecule has 0 saturated heterocycles. The lowest BCUT2D eigenvalue weighted by molar-refractivity contribution is -0.115. The minimum Gasteiger partial charge on any atom is -0.311 e. The lowest BCUT2D eigenvalue weighted by atomic mass is 9.70. The predicted octanol–water partition coefficient (Wildman–Crippen LogP) is 1.04. The van der Waals surface area contributed by atoms with Gasteiger partial charge in [0.2, 0.25) is 7.28 Å². The predicted molar refractivity (Wildman–Crippen MR) is 37.5 cm³/mol. The smallest absolute Gasteiger partial charge is 0.202 e. The van der Waals surface area contributed by atoms with Gasteiger partial charge >= 0.3 is 0 Å². The van der Waals surface area contributed by atoms with Crippen LogP contribution in [-0.4, -0.2) is 13.0 Å². The molecule has 1 nitrogen and oxygen atoms in total. The van der Waals surface area contributed by atoms with Gasteiger partial charge in [-0.1, -0.05) is 20.7 Å². The molecule has 46 valence electrons. The quantitative estimate of drug-likeness (QED) is 0.498. The van der Waals surface area contributed by atoms with Crippen LogP contribution in [0.5, 0.6) is 0 Å². The molecule has 0 amide bonds. The molecule has 0 radical (unpaired) electrons. The lowest BCUT2D eigenvalue weighted by Gasteiger charge is -2.01. The van der Waals surface area contributed by atoms with Crippen molar-refractivity contribution in [1.82, 2.24) is 0 Å². The Morgan fingerprint density at radius 1 is 1.75 bits per heavy atom. The Morgan fingerprint density at radius 2 is 2.25 bits per heavy atom. The molecule has 0 aromatic carbocycles. The number of hydrogen-bond acceptors (Lipinski definition) is 1. The molecular formula is C6H13BO. The third-order valence-electron chi connectivity index (χ3n) is 1.51. The zero-order chi connectivity index (χ0) is 6.57. The second kappa shape index (κ2) is 3.70. The summed E-state index contributed by atoms with van der Waals surface area (Å²) < 4.78 is 0. The highest BCUT2D eigenvalue weighted by Crippen LogP contribution is 1.99. The monoisotopic (exact) mass is 112 g/mol. The average molecular weight is 112 g/mol. The van der Waals surface area contributed by atoms with E-state index in [-0.39, 0.29) is 5.92 Å². The molecule has 0 aliphatic heterocycles. The van der Waals surface area contributed by atoms with Crippen LogP contribution in [0.2, 0.25) is 6.82 Å². The van der Waals surface area contributed by atoms with E-state index >= 15 is 0 Å². The van der Waals surface area contributed by atoms with E-state index in [0.29, 0.717) is 13.0 Å². The molecule has 0 rings (SSSR count). The van der Waals surface area contributed by atoms with Gasteiger partial charge in [-0.05, 0) is 6.42 Å². The minimum absolute atomic E-state index is 0.278. The Bertz CT molecular complexity index is 80.6. The zero-order valence-electron chi connectivity index (χ0n) is 5.90. The largest absolute Gasteiger partial charge is 0.311 e. The Balaban J connectivity index is 3.46. The van der Waals surface area contributed by atoms with Gasteiger partial charge in [0, 0.05) is 5.92 Å². The molecular weight excluding hydrogens is 98.9 g/mol. The first-order chi connectivity index (χ1) is 3.72. The van der Waals surface area contributed by atoms with Crippen LogP contribution in [-0.2, 0) is 4.79 Å². The lowest BCUT2D eigenvalue weighted by Crippen LogP contribution is -2.14. The molecule has 0 N–H and O–H groups in total. The number of hydrogen-bond donors (Lipinski definition) is 0. The van der Waals surface area contributed by atoms with E-state index in [1.807, 2.05) is 20.7 Å². The van der Waals surface area contributed by atoms with Crippen LogP contribution < -0.4 is 0 Å². The first kappa shape index (κ1) is 7.73. The summed E-state index contributed by atoms with van der Waals surface area (Å²) >= 11 is 0. The second-order valence-corrected chi connectivity index (χ2v) is 2.13. The highest BCUT2D eigenvalue weighted by atomic mass is 16.1. The Hall–Kier alpha value is -0.265. The number of carbonyl (C=O) groups is 1. The summed E-state index contributed by atoms with van der Waals surface area (Å²) in [5.41, 5.74) is 0.382. The minimum atomic E-state index is 0.278. The van der Waals surface area contributed by atoms with Gasteiger partial charge in [0.1, 0.15) is 0 Å². The van der Waals surface area contributed by atoms with E-state index in [1.165, 1.54) is 0 Å². The Labute approximate surface area is 51.7 Å². The van der Waals surface area contributed by atoms with Crippen molar-refractivity contribution in [3.05, 3.63) is 0 Å². The zero-order valence-corrected chi connectivity index (χ0v) is 5.90. The standard InChI is InChI=1S/C6H13BO/c1-4-5(2)6(8)7-3/h5,7H,4H2,1-3H3/t5-/m0/s1. The van der Waals surface area contributed by atoms with Crippen molar-refractivity contribution in [3.63, 3.8) is 0 Å². The van der Waals surface area contributed by atoms with Crippen molar-refractivity contribution in [1.29, 1.82) is 0 Å². The second-order valence-electron chi connectivity index (χ2n) is 2.13. The van der Waals surface area contributed by atoms with Crippen LogP contribution in [0.3, 0.4) is 0 Å². The molecule has 0 aromatic heterocycles. The van der Waals surface area contributed by atoms with E-state index in [2.05, 4.69) is 0 Å². The molecule has 0 fully saturated rings. The van der Waals surface area contributed by atoms with Crippen LogP contribution in [0.25, 0.3) is 0 Å². The maximum atomic E-state index is 10.7. The molecule has 1 atom stereocenters. The SMILES string of the molecule is CBC(=O)[C@@H](C)CC. The van der Waals surface area contributed by atoms with Crippen LogP contribution in [0, 0.1) is 5.92 Å². The summed E-state index contributed by atoms with van der Waals surface area (Å²) in [5, 5.41) is 0. The number of carbonyl (C=O) groups excluding carboxylic acids is 1. The van der Waals surface area contributed by atoms with Crippen molar-refractivity contribution in [2.75, 3.05) is 0 Å². The summed E-state index contributed by atoms with van der Waals surface area (Å²) in [6, 6.07) is 0. The molecule has 0 aromatic rings. The van der Waals surface area contributed by atoms with Gasteiger partial charge in [-0.3, -0.25) is 0 Å². The van der Waals surface area contributed by atoms with E-state index < -0.39 is 0 Å². The van der Waals surface area contributed by atoms with Gasteiger partial charge in [0.05, 0.1) is 5.68 Å². The van der Waals surface area contributed by atoms with E-state index in [1.54, 1.807) is 0 Å². The van der Waals surface area contributed by atoms with Crippen LogP contribution in [0.4, 0.5) is 0 Å². The van der Waals surface area contributed by atoms with Gasteiger partial charge in [-0.15, -0.1) is 0 Å². The molecule has 8 heavy (non-hydrogen) atoms. The highest BCUT2D eigenvalue weighted by molar-refractivity contribution is 6.73. The van der Waals surface area contributed by atoms with Crippen molar-refractivity contribution in [2.24, 2.45) is 5.92 Å². The fourth-order valence-corrected chi connectivity index (χ4v) is 0.576. The molecule has 0 unspecified atom stereocenters. The van der Waals surface area contributed by atoms with Crippen LogP contribution in [0.1, 0.15) is 20.3 Å². The molecule has 0 aliphatic carbocycles. The fraction of sp³-hybridized carbons (Fsp3) is 0.833. The summed E-state index contributed by atoms with van der Waals surface area (Å²) in [4.78, 5) is 10.7. The molecule has 0 aliphatic rings. The van der Waals surface area contributed by atoms with Crippen molar-refractivity contribution in [2.45, 2.75) is 27.1 Å². The summed E-state index contributed by atoms with van der Waals surface area (Å²) in [7, 11) is 0.689. The molecule has 0 spiro atoms. The van der Waals surface area contributed by atoms with Crippen molar-refractivity contribution >= 4 is 13.0 Å². The first-order valence-corrected chi connectivity index (χ1v) is 3.25. The van der Waals surface area contributed by atoms with Crippen LogP contribution in [0.15, 0.2) is 0 Å². The molecule has 0 saturated carbocycles. The van der Waals surface area contributed by atoms with Crippen molar-refractivity contribution < 1.29 is 4.79 Å².